The van der Waals surface area contributed by atoms with E-state index in [-0.39, 0.29) is 29.5 Å². The fourth-order valence-corrected chi connectivity index (χ4v) is 7.86. The smallest absolute Gasteiger partial charge is 0.262 e. The second kappa shape index (κ2) is 13.2. The summed E-state index contributed by atoms with van der Waals surface area (Å²) in [5.41, 5.74) is 2.97. The van der Waals surface area contributed by atoms with Gasteiger partial charge in [-0.3, -0.25) is 29.1 Å². The average molecular weight is 659 g/mol. The Labute approximate surface area is 285 Å². The Hall–Kier alpha value is -5.51. The molecule has 0 bridgehead atoms. The van der Waals surface area contributed by atoms with Crippen LogP contribution in [0.5, 0.6) is 11.5 Å². The zero-order valence-electron chi connectivity index (χ0n) is 27.6. The number of hydrogen-bond donors (Lipinski definition) is 1. The highest BCUT2D eigenvalue weighted by Crippen LogP contribution is 2.47. The van der Waals surface area contributed by atoms with Gasteiger partial charge in [0.2, 0.25) is 11.8 Å². The van der Waals surface area contributed by atoms with E-state index in [9.17, 15) is 19.2 Å². The van der Waals surface area contributed by atoms with Crippen LogP contribution < -0.4 is 14.8 Å². The van der Waals surface area contributed by atoms with Gasteiger partial charge < -0.3 is 19.7 Å². The van der Waals surface area contributed by atoms with Crippen LogP contribution in [0.25, 0.3) is 0 Å². The van der Waals surface area contributed by atoms with E-state index in [1.807, 2.05) is 12.1 Å². The molecule has 1 N–H and O–H groups in total. The minimum atomic E-state index is -1.32. The Morgan fingerprint density at radius 2 is 1.59 bits per heavy atom. The number of methoxy groups -OCH3 is 2. The maximum Gasteiger partial charge on any atom is 0.262 e. The second-order valence-electron chi connectivity index (χ2n) is 13.1. The van der Waals surface area contributed by atoms with Crippen LogP contribution in [0.15, 0.2) is 91.3 Å². The van der Waals surface area contributed by atoms with Gasteiger partial charge in [-0.05, 0) is 91.0 Å². The lowest BCUT2D eigenvalue weighted by Crippen LogP contribution is -2.63. The summed E-state index contributed by atoms with van der Waals surface area (Å²) in [5, 5.41) is 3.11. The van der Waals surface area contributed by atoms with Gasteiger partial charge in [0.1, 0.15) is 23.6 Å². The predicted octanol–water partition coefficient (Wildman–Crippen LogP) is 5.32. The highest BCUT2D eigenvalue weighted by molar-refractivity contribution is 6.22. The van der Waals surface area contributed by atoms with Crippen molar-refractivity contribution in [3.8, 4) is 11.5 Å². The van der Waals surface area contributed by atoms with Crippen molar-refractivity contribution in [2.24, 2.45) is 11.8 Å². The number of pyridine rings is 1. The van der Waals surface area contributed by atoms with Crippen LogP contribution in [0.2, 0.25) is 0 Å². The van der Waals surface area contributed by atoms with Crippen LogP contribution in [0.1, 0.15) is 56.7 Å². The summed E-state index contributed by atoms with van der Waals surface area (Å²) < 4.78 is 11.0. The van der Waals surface area contributed by atoms with Gasteiger partial charge in [0.15, 0.2) is 0 Å². The first-order valence-electron chi connectivity index (χ1n) is 16.6. The monoisotopic (exact) mass is 658 g/mol. The van der Waals surface area contributed by atoms with Crippen molar-refractivity contribution in [2.45, 2.75) is 44.2 Å². The molecule has 0 saturated heterocycles. The molecule has 2 heterocycles. The van der Waals surface area contributed by atoms with Crippen LogP contribution >= 0.6 is 0 Å². The van der Waals surface area contributed by atoms with E-state index in [1.54, 1.807) is 72.9 Å². The summed E-state index contributed by atoms with van der Waals surface area (Å²) in [6.45, 7) is -0.429. The number of ether oxygens (including phenoxy) is 2. The molecule has 3 aliphatic rings. The van der Waals surface area contributed by atoms with Crippen molar-refractivity contribution in [1.29, 1.82) is 0 Å². The summed E-state index contributed by atoms with van der Waals surface area (Å²) in [5.74, 6) is -0.445. The largest absolute Gasteiger partial charge is 0.497 e. The third kappa shape index (κ3) is 5.92. The molecule has 3 atom stereocenters. The number of amides is 4. The van der Waals surface area contributed by atoms with Crippen LogP contribution in [0.4, 0.5) is 5.69 Å². The quantitative estimate of drug-likeness (QED) is 0.242. The van der Waals surface area contributed by atoms with Gasteiger partial charge in [-0.25, -0.2) is 0 Å². The highest BCUT2D eigenvalue weighted by atomic mass is 16.5. The summed E-state index contributed by atoms with van der Waals surface area (Å²) in [7, 11) is 3.07. The van der Waals surface area contributed by atoms with Crippen molar-refractivity contribution in [3.63, 3.8) is 0 Å². The van der Waals surface area contributed by atoms with Crippen molar-refractivity contribution in [1.82, 2.24) is 14.8 Å². The van der Waals surface area contributed by atoms with Crippen LogP contribution in [-0.2, 0) is 29.0 Å². The molecule has 7 rings (SSSR count). The molecule has 1 aromatic heterocycles. The van der Waals surface area contributed by atoms with Crippen molar-refractivity contribution in [3.05, 3.63) is 119 Å². The lowest BCUT2D eigenvalue weighted by Gasteiger charge is -2.51. The Morgan fingerprint density at radius 3 is 2.24 bits per heavy atom. The molecule has 1 saturated carbocycles. The number of nitrogens with one attached hydrogen (secondary N) is 1. The lowest BCUT2D eigenvalue weighted by atomic mass is 9.62. The van der Waals surface area contributed by atoms with E-state index >= 15 is 0 Å². The fourth-order valence-electron chi connectivity index (χ4n) is 7.86. The first kappa shape index (κ1) is 32.1. The molecule has 4 aromatic rings. The predicted molar refractivity (Wildman–Crippen MR) is 182 cm³/mol. The van der Waals surface area contributed by atoms with Gasteiger partial charge in [-0.1, -0.05) is 42.5 Å². The molecule has 10 nitrogen and oxygen atoms in total. The lowest BCUT2D eigenvalue weighted by molar-refractivity contribution is -0.151. The zero-order valence-corrected chi connectivity index (χ0v) is 27.6. The third-order valence-corrected chi connectivity index (χ3v) is 10.4. The average Bonchev–Trinajstić information content (AvgIpc) is 3.37. The standard InChI is InChI=1S/C39H38N4O6/c1-48-30-13-14-33(34(20-30)49-2)41-38(47)39(16-15-28-18-26-9-3-4-10-27(26)19-29(28)21-39)43(23-25-8-7-17-40-22-25)35(44)24-42-36(45)31-11-5-6-12-32(31)37(42)46/h3-14,17,20,22,28-29H,15-16,18-19,21,23-24H2,1-2H3,(H,41,47)/t28-,29+,39-/m1/s1. The van der Waals surface area contributed by atoms with Gasteiger partial charge in [-0.15, -0.1) is 0 Å². The number of imide groups is 1. The molecule has 4 amide bonds. The Kier molecular flexibility index (Phi) is 8.62. The Morgan fingerprint density at radius 1 is 0.898 bits per heavy atom. The number of fused-ring (bicyclic) bond motifs is 3. The van der Waals surface area contributed by atoms with Crippen molar-refractivity contribution in [2.75, 3.05) is 26.1 Å². The van der Waals surface area contributed by atoms with E-state index < -0.39 is 29.8 Å². The van der Waals surface area contributed by atoms with Gasteiger partial charge in [0.05, 0.1) is 31.0 Å². The second-order valence-corrected chi connectivity index (χ2v) is 13.1. The van der Waals surface area contributed by atoms with Crippen LogP contribution in [-0.4, -0.2) is 64.7 Å². The van der Waals surface area contributed by atoms with Gasteiger partial charge in [0.25, 0.3) is 11.8 Å². The van der Waals surface area contributed by atoms with Gasteiger partial charge in [-0.2, -0.15) is 0 Å². The first-order chi connectivity index (χ1) is 23.8. The van der Waals surface area contributed by atoms with Crippen molar-refractivity contribution < 1.29 is 28.7 Å². The van der Waals surface area contributed by atoms with E-state index in [1.165, 1.54) is 18.2 Å². The zero-order chi connectivity index (χ0) is 34.1. The van der Waals surface area contributed by atoms with Gasteiger partial charge >= 0.3 is 0 Å². The molecule has 2 aliphatic carbocycles. The molecule has 0 radical (unpaired) electrons. The molecule has 3 aromatic carbocycles. The molecular weight excluding hydrogens is 620 g/mol. The number of carbonyl (C=O) groups excluding carboxylic acids is 4. The molecule has 10 heteroatoms. The Balaban J connectivity index is 1.29. The van der Waals surface area contributed by atoms with E-state index in [2.05, 4.69) is 28.5 Å². The van der Waals surface area contributed by atoms with E-state index in [0.717, 1.165) is 29.7 Å². The molecule has 1 fully saturated rings. The number of rotatable bonds is 9. The maximum atomic E-state index is 15.0. The normalized spacial score (nSPS) is 20.9. The topological polar surface area (TPSA) is 118 Å². The van der Waals surface area contributed by atoms with Crippen molar-refractivity contribution >= 4 is 29.3 Å². The summed E-state index contributed by atoms with van der Waals surface area (Å²) in [6.07, 6.45) is 6.54. The van der Waals surface area contributed by atoms with E-state index in [0.29, 0.717) is 35.9 Å². The molecule has 1 aliphatic heterocycles. The summed E-state index contributed by atoms with van der Waals surface area (Å²) in [4.78, 5) is 63.3. The molecule has 49 heavy (non-hydrogen) atoms. The van der Waals surface area contributed by atoms with Gasteiger partial charge in [0, 0.05) is 25.0 Å². The molecule has 0 spiro atoms. The molecule has 250 valence electrons. The molecular formula is C39H38N4O6. The number of anilines is 1. The summed E-state index contributed by atoms with van der Waals surface area (Å²) in [6, 6.07) is 23.8. The maximum absolute atomic E-state index is 15.0. The molecule has 0 unspecified atom stereocenters. The van der Waals surface area contributed by atoms with Crippen LogP contribution in [0.3, 0.4) is 0 Å². The third-order valence-electron chi connectivity index (χ3n) is 10.4. The number of nitrogens with zero attached hydrogens (tertiary/aromatic N) is 3. The number of aromatic nitrogens is 1. The minimum absolute atomic E-state index is 0.0665. The fraction of sp³-hybridized carbons (Fsp3) is 0.308. The van der Waals surface area contributed by atoms with Crippen LogP contribution in [0, 0.1) is 11.8 Å². The summed E-state index contributed by atoms with van der Waals surface area (Å²) >= 11 is 0. The highest BCUT2D eigenvalue weighted by Gasteiger charge is 2.53. The SMILES string of the molecule is COc1ccc(NC(=O)[C@@]2(N(Cc3cccnc3)C(=O)CN3C(=O)c4ccccc4C3=O)CC[C@@H]3Cc4ccccc4C[C@H]3C2)c(OC)c1. The first-order valence-corrected chi connectivity index (χ1v) is 16.6. The Bertz CT molecular complexity index is 1890. The van der Waals surface area contributed by atoms with E-state index in [4.69, 9.17) is 9.47 Å². The minimum Gasteiger partial charge on any atom is -0.497 e. The number of benzene rings is 3. The number of hydrogen-bond acceptors (Lipinski definition) is 7. The number of carbonyl (C=O) groups is 4.